The van der Waals surface area contributed by atoms with Crippen molar-refractivity contribution >= 4 is 22.6 Å². The van der Waals surface area contributed by atoms with Crippen molar-refractivity contribution in [1.29, 1.82) is 0 Å². The van der Waals surface area contributed by atoms with Crippen LogP contribution in [0.4, 0.5) is 0 Å². The summed E-state index contributed by atoms with van der Waals surface area (Å²) in [5, 5.41) is 0. The smallest absolute Gasteiger partial charge is 0.163 e. The predicted molar refractivity (Wildman–Crippen MR) is 57.0 cm³/mol. The number of benzene rings is 1. The first-order chi connectivity index (χ1) is 5.69. The zero-order valence-corrected chi connectivity index (χ0v) is 9.51. The van der Waals surface area contributed by atoms with E-state index in [1.165, 1.54) is 0 Å². The largest absolute Gasteiger partial charge is 0.493 e. The molecule has 0 aromatic heterocycles. The predicted octanol–water partition coefficient (Wildman–Crippen LogP) is 2.62. The molecule has 0 atom stereocenters. The van der Waals surface area contributed by atoms with E-state index in [0.29, 0.717) is 0 Å². The Morgan fingerprint density at radius 3 is 2.33 bits per heavy atom. The molecular weight excluding hydrogens is 267 g/mol. The third-order valence-corrected chi connectivity index (χ3v) is 2.25. The maximum Gasteiger partial charge on any atom is 0.163 e. The van der Waals surface area contributed by atoms with E-state index in [4.69, 9.17) is 9.47 Å². The lowest BCUT2D eigenvalue weighted by Gasteiger charge is -2.10. The molecule has 3 heteroatoms. The Hall–Kier alpha value is -0.450. The Balaban J connectivity index is 3.24. The number of ether oxygens (including phenoxy) is 2. The SMILES string of the molecule is COc1cc(I)cc(C)c1OC. The molecule has 1 aromatic carbocycles. The molecule has 0 heterocycles. The van der Waals surface area contributed by atoms with Gasteiger partial charge in [0, 0.05) is 3.57 Å². The number of aryl methyl sites for hydroxylation is 1. The Morgan fingerprint density at radius 2 is 1.83 bits per heavy atom. The van der Waals surface area contributed by atoms with Crippen LogP contribution in [0, 0.1) is 10.5 Å². The number of hydrogen-bond acceptors (Lipinski definition) is 2. The van der Waals surface area contributed by atoms with E-state index in [9.17, 15) is 0 Å². The standard InChI is InChI=1S/C9H11IO2/c1-6-4-7(10)5-8(11-2)9(6)12-3/h4-5H,1-3H3. The summed E-state index contributed by atoms with van der Waals surface area (Å²) in [6.45, 7) is 2.00. The average molecular weight is 278 g/mol. The van der Waals surface area contributed by atoms with Gasteiger partial charge in [0.2, 0.25) is 0 Å². The van der Waals surface area contributed by atoms with Crippen LogP contribution >= 0.6 is 22.6 Å². The molecule has 1 aromatic rings. The van der Waals surface area contributed by atoms with Crippen LogP contribution < -0.4 is 9.47 Å². The minimum absolute atomic E-state index is 0.793. The molecule has 0 spiro atoms. The first kappa shape index (κ1) is 9.64. The average Bonchev–Trinajstić information content (AvgIpc) is 2.03. The van der Waals surface area contributed by atoms with Crippen LogP contribution in [-0.4, -0.2) is 14.2 Å². The molecule has 66 valence electrons. The van der Waals surface area contributed by atoms with Gasteiger partial charge in [0.25, 0.3) is 0 Å². The summed E-state index contributed by atoms with van der Waals surface area (Å²) >= 11 is 2.25. The highest BCUT2D eigenvalue weighted by Crippen LogP contribution is 2.32. The first-order valence-corrected chi connectivity index (χ1v) is 4.65. The molecule has 0 radical (unpaired) electrons. The van der Waals surface area contributed by atoms with E-state index in [2.05, 4.69) is 28.7 Å². The fourth-order valence-corrected chi connectivity index (χ4v) is 1.86. The van der Waals surface area contributed by atoms with E-state index < -0.39 is 0 Å². The molecule has 12 heavy (non-hydrogen) atoms. The van der Waals surface area contributed by atoms with Gasteiger partial charge in [-0.2, -0.15) is 0 Å². The van der Waals surface area contributed by atoms with Crippen LogP contribution in [-0.2, 0) is 0 Å². The van der Waals surface area contributed by atoms with Gasteiger partial charge in [-0.1, -0.05) is 0 Å². The molecule has 2 nitrogen and oxygen atoms in total. The zero-order chi connectivity index (χ0) is 9.14. The van der Waals surface area contributed by atoms with Crippen molar-refractivity contribution in [3.63, 3.8) is 0 Å². The van der Waals surface area contributed by atoms with Crippen molar-refractivity contribution < 1.29 is 9.47 Å². The van der Waals surface area contributed by atoms with Crippen molar-refractivity contribution in [1.82, 2.24) is 0 Å². The van der Waals surface area contributed by atoms with Crippen molar-refractivity contribution in [2.75, 3.05) is 14.2 Å². The Kier molecular flexibility index (Phi) is 3.20. The fourth-order valence-electron chi connectivity index (χ4n) is 1.11. The van der Waals surface area contributed by atoms with Crippen LogP contribution in [0.3, 0.4) is 0 Å². The van der Waals surface area contributed by atoms with Gasteiger partial charge in [0.05, 0.1) is 14.2 Å². The lowest BCUT2D eigenvalue weighted by molar-refractivity contribution is 0.352. The second-order valence-corrected chi connectivity index (χ2v) is 3.70. The number of methoxy groups -OCH3 is 2. The van der Waals surface area contributed by atoms with E-state index in [1.807, 2.05) is 13.0 Å². The van der Waals surface area contributed by atoms with Crippen LogP contribution in [0.25, 0.3) is 0 Å². The van der Waals surface area contributed by atoms with Gasteiger partial charge < -0.3 is 9.47 Å². The van der Waals surface area contributed by atoms with Gasteiger partial charge in [0.1, 0.15) is 0 Å². The quantitative estimate of drug-likeness (QED) is 0.774. The van der Waals surface area contributed by atoms with Crippen molar-refractivity contribution in [3.05, 3.63) is 21.3 Å². The highest BCUT2D eigenvalue weighted by atomic mass is 127. The molecule has 0 amide bonds. The van der Waals surface area contributed by atoms with Gasteiger partial charge in [-0.15, -0.1) is 0 Å². The summed E-state index contributed by atoms with van der Waals surface area (Å²) in [7, 11) is 3.30. The van der Waals surface area contributed by atoms with Crippen LogP contribution in [0.15, 0.2) is 12.1 Å². The fraction of sp³-hybridized carbons (Fsp3) is 0.333. The van der Waals surface area contributed by atoms with Crippen molar-refractivity contribution in [3.8, 4) is 11.5 Å². The van der Waals surface area contributed by atoms with E-state index in [1.54, 1.807) is 14.2 Å². The van der Waals surface area contributed by atoms with Crippen LogP contribution in [0.5, 0.6) is 11.5 Å². The minimum Gasteiger partial charge on any atom is -0.493 e. The summed E-state index contributed by atoms with van der Waals surface area (Å²) in [6, 6.07) is 4.01. The molecule has 0 saturated carbocycles. The maximum absolute atomic E-state index is 5.19. The summed E-state index contributed by atoms with van der Waals surface area (Å²) in [6.07, 6.45) is 0. The molecule has 0 N–H and O–H groups in total. The minimum atomic E-state index is 0.793. The van der Waals surface area contributed by atoms with Crippen LogP contribution in [0.1, 0.15) is 5.56 Å². The number of rotatable bonds is 2. The summed E-state index contributed by atoms with van der Waals surface area (Å²) in [5.41, 5.74) is 1.10. The highest BCUT2D eigenvalue weighted by Gasteiger charge is 2.07. The number of halogens is 1. The van der Waals surface area contributed by atoms with E-state index in [0.717, 1.165) is 20.6 Å². The Bertz CT molecular complexity index is 284. The first-order valence-electron chi connectivity index (χ1n) is 3.57. The normalized spacial score (nSPS) is 9.67. The maximum atomic E-state index is 5.19. The molecule has 1 rings (SSSR count). The number of hydrogen-bond donors (Lipinski definition) is 0. The molecule has 0 aliphatic heterocycles. The molecule has 0 unspecified atom stereocenters. The third-order valence-electron chi connectivity index (χ3n) is 1.63. The molecular formula is C9H11IO2. The van der Waals surface area contributed by atoms with Crippen molar-refractivity contribution in [2.45, 2.75) is 6.92 Å². The molecule has 0 saturated heterocycles. The van der Waals surface area contributed by atoms with Crippen LogP contribution in [0.2, 0.25) is 0 Å². The van der Waals surface area contributed by atoms with Gasteiger partial charge >= 0.3 is 0 Å². The highest BCUT2D eigenvalue weighted by molar-refractivity contribution is 14.1. The summed E-state index contributed by atoms with van der Waals surface area (Å²) in [4.78, 5) is 0. The molecule has 0 bridgehead atoms. The van der Waals surface area contributed by atoms with Gasteiger partial charge in [-0.05, 0) is 47.2 Å². The molecule has 0 aliphatic rings. The van der Waals surface area contributed by atoms with E-state index in [-0.39, 0.29) is 0 Å². The second-order valence-electron chi connectivity index (χ2n) is 2.46. The zero-order valence-electron chi connectivity index (χ0n) is 7.35. The monoisotopic (exact) mass is 278 g/mol. The van der Waals surface area contributed by atoms with Gasteiger partial charge in [-0.3, -0.25) is 0 Å². The lowest BCUT2D eigenvalue weighted by Crippen LogP contribution is -1.93. The van der Waals surface area contributed by atoms with Gasteiger partial charge in [-0.25, -0.2) is 0 Å². The molecule has 0 aliphatic carbocycles. The Labute approximate surface area is 86.0 Å². The van der Waals surface area contributed by atoms with E-state index >= 15 is 0 Å². The second kappa shape index (κ2) is 3.98. The lowest BCUT2D eigenvalue weighted by atomic mass is 10.2. The molecule has 0 fully saturated rings. The topological polar surface area (TPSA) is 18.5 Å². The van der Waals surface area contributed by atoms with Crippen molar-refractivity contribution in [2.24, 2.45) is 0 Å². The third kappa shape index (κ3) is 1.83. The summed E-state index contributed by atoms with van der Waals surface area (Å²) in [5.74, 6) is 1.61. The Morgan fingerprint density at radius 1 is 1.17 bits per heavy atom. The summed E-state index contributed by atoms with van der Waals surface area (Å²) < 4.78 is 11.5. The van der Waals surface area contributed by atoms with Gasteiger partial charge in [0.15, 0.2) is 11.5 Å².